The van der Waals surface area contributed by atoms with Crippen LogP contribution in [-0.4, -0.2) is 46.3 Å². The number of hydrogen-bond donors (Lipinski definition) is 1. The lowest BCUT2D eigenvalue weighted by atomic mass is 9.97. The molecule has 17 heavy (non-hydrogen) atoms. The first kappa shape index (κ1) is 13.8. The van der Waals surface area contributed by atoms with E-state index in [1.54, 1.807) is 14.2 Å². The Morgan fingerprint density at radius 1 is 1.24 bits per heavy atom. The number of nitrogens with two attached hydrogens (primary N) is 1. The van der Waals surface area contributed by atoms with Crippen molar-refractivity contribution in [3.63, 3.8) is 0 Å². The van der Waals surface area contributed by atoms with Gasteiger partial charge < -0.3 is 20.1 Å². The molecular weight excluding hydrogens is 216 g/mol. The smallest absolute Gasteiger partial charge is 0.126 e. The highest BCUT2D eigenvalue weighted by Gasteiger charge is 2.16. The van der Waals surface area contributed by atoms with Gasteiger partial charge in [-0.05, 0) is 20.2 Å². The Morgan fingerprint density at radius 2 is 1.94 bits per heavy atom. The van der Waals surface area contributed by atoms with E-state index in [0.717, 1.165) is 23.6 Å². The van der Waals surface area contributed by atoms with Crippen LogP contribution in [0.4, 0.5) is 0 Å². The molecule has 0 aliphatic carbocycles. The molecule has 2 N–H and O–H groups in total. The Balaban J connectivity index is 3.01. The summed E-state index contributed by atoms with van der Waals surface area (Å²) in [5.41, 5.74) is 6.96. The topological polar surface area (TPSA) is 47.7 Å². The van der Waals surface area contributed by atoms with Gasteiger partial charge in [-0.1, -0.05) is 6.07 Å². The van der Waals surface area contributed by atoms with Crippen molar-refractivity contribution < 1.29 is 9.47 Å². The van der Waals surface area contributed by atoms with Crippen molar-refractivity contribution in [2.75, 3.05) is 41.4 Å². The lowest BCUT2D eigenvalue weighted by Gasteiger charge is -2.22. The van der Waals surface area contributed by atoms with Crippen molar-refractivity contribution in [3.05, 3.63) is 23.8 Å². The van der Waals surface area contributed by atoms with Gasteiger partial charge in [0.15, 0.2) is 0 Å². The molecule has 1 aromatic carbocycles. The molecule has 4 nitrogen and oxygen atoms in total. The van der Waals surface area contributed by atoms with Gasteiger partial charge in [0.1, 0.15) is 11.5 Å². The Labute approximate surface area is 103 Å². The van der Waals surface area contributed by atoms with Gasteiger partial charge in [-0.3, -0.25) is 0 Å². The van der Waals surface area contributed by atoms with Crippen molar-refractivity contribution in [1.82, 2.24) is 4.90 Å². The molecule has 0 aliphatic heterocycles. The normalized spacial score (nSPS) is 12.6. The van der Waals surface area contributed by atoms with E-state index >= 15 is 0 Å². The van der Waals surface area contributed by atoms with Crippen LogP contribution in [0, 0.1) is 0 Å². The van der Waals surface area contributed by atoms with Crippen LogP contribution in [0.25, 0.3) is 0 Å². The number of likely N-dealkylation sites (N-methyl/N-ethyl adjacent to an activating group) is 1. The van der Waals surface area contributed by atoms with Crippen LogP contribution < -0.4 is 15.2 Å². The van der Waals surface area contributed by atoms with Gasteiger partial charge in [-0.15, -0.1) is 0 Å². The van der Waals surface area contributed by atoms with E-state index in [1.165, 1.54) is 0 Å². The first-order valence-corrected chi connectivity index (χ1v) is 5.69. The molecule has 4 heteroatoms. The zero-order valence-corrected chi connectivity index (χ0v) is 11.1. The second kappa shape index (κ2) is 6.47. The fourth-order valence-corrected chi connectivity index (χ4v) is 1.90. The number of methoxy groups -OCH3 is 2. The molecule has 1 atom stereocenters. The zero-order valence-electron chi connectivity index (χ0n) is 11.1. The summed E-state index contributed by atoms with van der Waals surface area (Å²) in [6.45, 7) is 1.50. The molecule has 1 rings (SSSR count). The summed E-state index contributed by atoms with van der Waals surface area (Å²) in [6, 6.07) is 5.86. The molecule has 0 bridgehead atoms. The lowest BCUT2D eigenvalue weighted by Crippen LogP contribution is -2.26. The molecule has 0 saturated heterocycles. The standard InChI is InChI=1S/C13H22N2O2/c1-15(2)9-10(8-14)12-6-5-11(16-3)7-13(12)17-4/h5-7,10H,8-9,14H2,1-4H3. The average molecular weight is 238 g/mol. The molecule has 1 aromatic rings. The highest BCUT2D eigenvalue weighted by atomic mass is 16.5. The van der Waals surface area contributed by atoms with E-state index in [9.17, 15) is 0 Å². The predicted molar refractivity (Wildman–Crippen MR) is 69.9 cm³/mol. The summed E-state index contributed by atoms with van der Waals surface area (Å²) in [7, 11) is 7.40. The monoisotopic (exact) mass is 238 g/mol. The van der Waals surface area contributed by atoms with Crippen molar-refractivity contribution >= 4 is 0 Å². The minimum absolute atomic E-state index is 0.269. The van der Waals surface area contributed by atoms with Crippen molar-refractivity contribution in [3.8, 4) is 11.5 Å². The van der Waals surface area contributed by atoms with E-state index in [4.69, 9.17) is 15.2 Å². The van der Waals surface area contributed by atoms with Gasteiger partial charge in [-0.2, -0.15) is 0 Å². The van der Waals surface area contributed by atoms with Gasteiger partial charge in [0, 0.05) is 30.6 Å². The maximum Gasteiger partial charge on any atom is 0.126 e. The Hall–Kier alpha value is -1.26. The number of rotatable bonds is 6. The first-order valence-electron chi connectivity index (χ1n) is 5.69. The number of benzene rings is 1. The molecule has 0 saturated carbocycles. The third kappa shape index (κ3) is 3.61. The van der Waals surface area contributed by atoms with E-state index in [2.05, 4.69) is 4.90 Å². The van der Waals surface area contributed by atoms with Gasteiger partial charge in [0.2, 0.25) is 0 Å². The van der Waals surface area contributed by atoms with E-state index in [-0.39, 0.29) is 5.92 Å². The molecule has 1 unspecified atom stereocenters. The van der Waals surface area contributed by atoms with Crippen LogP contribution in [0.3, 0.4) is 0 Å². The number of ether oxygens (including phenoxy) is 2. The summed E-state index contributed by atoms with van der Waals surface area (Å²) < 4.78 is 10.6. The van der Waals surface area contributed by atoms with Crippen LogP contribution in [-0.2, 0) is 0 Å². The van der Waals surface area contributed by atoms with Gasteiger partial charge >= 0.3 is 0 Å². The van der Waals surface area contributed by atoms with Crippen LogP contribution in [0.5, 0.6) is 11.5 Å². The average Bonchev–Trinajstić information content (AvgIpc) is 2.35. The molecule has 0 fully saturated rings. The predicted octanol–water partition coefficient (Wildman–Crippen LogP) is 1.31. The summed E-state index contributed by atoms with van der Waals surface area (Å²) in [6.07, 6.45) is 0. The minimum Gasteiger partial charge on any atom is -0.497 e. The molecule has 0 amide bonds. The van der Waals surface area contributed by atoms with Crippen molar-refractivity contribution in [1.29, 1.82) is 0 Å². The summed E-state index contributed by atoms with van der Waals surface area (Å²) in [4.78, 5) is 2.13. The van der Waals surface area contributed by atoms with Gasteiger partial charge in [0.25, 0.3) is 0 Å². The Bertz CT molecular complexity index is 353. The maximum atomic E-state index is 5.83. The first-order chi connectivity index (χ1) is 8.12. The zero-order chi connectivity index (χ0) is 12.8. The van der Waals surface area contributed by atoms with Crippen LogP contribution in [0.1, 0.15) is 11.5 Å². The molecule has 96 valence electrons. The Kier molecular flexibility index (Phi) is 5.25. The second-order valence-electron chi connectivity index (χ2n) is 4.30. The number of hydrogen-bond acceptors (Lipinski definition) is 4. The number of nitrogens with zero attached hydrogens (tertiary/aromatic N) is 1. The SMILES string of the molecule is COc1ccc(C(CN)CN(C)C)c(OC)c1. The molecule has 0 heterocycles. The fraction of sp³-hybridized carbons (Fsp3) is 0.538. The minimum atomic E-state index is 0.269. The van der Waals surface area contributed by atoms with E-state index in [1.807, 2.05) is 32.3 Å². The highest BCUT2D eigenvalue weighted by Crippen LogP contribution is 2.30. The summed E-state index contributed by atoms with van der Waals surface area (Å²) in [5, 5.41) is 0. The molecule has 0 spiro atoms. The molecule has 0 radical (unpaired) electrons. The van der Waals surface area contributed by atoms with Crippen molar-refractivity contribution in [2.24, 2.45) is 5.73 Å². The second-order valence-corrected chi connectivity index (χ2v) is 4.30. The van der Waals surface area contributed by atoms with E-state index in [0.29, 0.717) is 6.54 Å². The third-order valence-electron chi connectivity index (χ3n) is 2.75. The highest BCUT2D eigenvalue weighted by molar-refractivity contribution is 5.43. The molecule has 0 aliphatic rings. The molecule has 0 aromatic heterocycles. The third-order valence-corrected chi connectivity index (χ3v) is 2.75. The van der Waals surface area contributed by atoms with Crippen LogP contribution in [0.2, 0.25) is 0 Å². The van der Waals surface area contributed by atoms with Crippen molar-refractivity contribution in [2.45, 2.75) is 5.92 Å². The van der Waals surface area contributed by atoms with Gasteiger partial charge in [0.05, 0.1) is 14.2 Å². The molecular formula is C13H22N2O2. The summed E-state index contributed by atoms with van der Waals surface area (Å²) in [5.74, 6) is 1.90. The van der Waals surface area contributed by atoms with E-state index < -0.39 is 0 Å². The van der Waals surface area contributed by atoms with Crippen LogP contribution >= 0.6 is 0 Å². The van der Waals surface area contributed by atoms with Crippen LogP contribution in [0.15, 0.2) is 18.2 Å². The lowest BCUT2D eigenvalue weighted by molar-refractivity contribution is 0.358. The largest absolute Gasteiger partial charge is 0.497 e. The van der Waals surface area contributed by atoms with Gasteiger partial charge in [-0.25, -0.2) is 0 Å². The maximum absolute atomic E-state index is 5.83. The summed E-state index contributed by atoms with van der Waals surface area (Å²) >= 11 is 0. The fourth-order valence-electron chi connectivity index (χ4n) is 1.90. The Morgan fingerprint density at radius 3 is 2.41 bits per heavy atom. The quantitative estimate of drug-likeness (QED) is 0.811.